The average Bonchev–Trinajstić information content (AvgIpc) is 2.90. The standard InChI is InChI=1S/C15H9BrClNO/c16-12-5-1-10(2-6-12)14-9-19-15(18-14)11-3-7-13(17)8-4-11/h1-9H. The number of oxazole rings is 1. The third-order valence-electron chi connectivity index (χ3n) is 2.74. The Morgan fingerprint density at radius 1 is 0.895 bits per heavy atom. The number of hydrogen-bond acceptors (Lipinski definition) is 2. The quantitative estimate of drug-likeness (QED) is 0.625. The van der Waals surface area contributed by atoms with Crippen LogP contribution in [0.5, 0.6) is 0 Å². The summed E-state index contributed by atoms with van der Waals surface area (Å²) in [6.45, 7) is 0. The number of benzene rings is 2. The molecule has 0 fully saturated rings. The Balaban J connectivity index is 1.95. The molecule has 1 aromatic heterocycles. The van der Waals surface area contributed by atoms with Gasteiger partial charge in [0.05, 0.1) is 0 Å². The largest absolute Gasteiger partial charge is 0.444 e. The molecule has 94 valence electrons. The van der Waals surface area contributed by atoms with Crippen molar-refractivity contribution in [3.8, 4) is 22.7 Å². The van der Waals surface area contributed by atoms with E-state index in [-0.39, 0.29) is 0 Å². The highest BCUT2D eigenvalue weighted by atomic mass is 79.9. The van der Waals surface area contributed by atoms with Crippen molar-refractivity contribution >= 4 is 27.5 Å². The molecule has 2 aromatic carbocycles. The molecule has 0 amide bonds. The van der Waals surface area contributed by atoms with Gasteiger partial charge < -0.3 is 4.42 Å². The SMILES string of the molecule is Clc1ccc(-c2nc(-c3ccc(Br)cc3)co2)cc1. The smallest absolute Gasteiger partial charge is 0.226 e. The maximum atomic E-state index is 5.86. The minimum atomic E-state index is 0.592. The van der Waals surface area contributed by atoms with E-state index >= 15 is 0 Å². The fourth-order valence-electron chi connectivity index (χ4n) is 1.75. The van der Waals surface area contributed by atoms with E-state index in [2.05, 4.69) is 20.9 Å². The van der Waals surface area contributed by atoms with Crippen LogP contribution in [0, 0.1) is 0 Å². The van der Waals surface area contributed by atoms with Gasteiger partial charge in [-0.2, -0.15) is 0 Å². The predicted octanol–water partition coefficient (Wildman–Crippen LogP) is 5.42. The Kier molecular flexibility index (Phi) is 3.40. The van der Waals surface area contributed by atoms with Crippen molar-refractivity contribution in [1.82, 2.24) is 4.98 Å². The molecule has 0 N–H and O–H groups in total. The molecule has 0 bridgehead atoms. The topological polar surface area (TPSA) is 26.0 Å². The van der Waals surface area contributed by atoms with E-state index in [4.69, 9.17) is 16.0 Å². The number of rotatable bonds is 2. The van der Waals surface area contributed by atoms with E-state index in [0.717, 1.165) is 21.3 Å². The fourth-order valence-corrected chi connectivity index (χ4v) is 2.14. The predicted molar refractivity (Wildman–Crippen MR) is 80.1 cm³/mol. The lowest BCUT2D eigenvalue weighted by Crippen LogP contribution is -1.79. The molecule has 0 aliphatic carbocycles. The minimum absolute atomic E-state index is 0.592. The van der Waals surface area contributed by atoms with Gasteiger partial charge in [0.2, 0.25) is 5.89 Å². The van der Waals surface area contributed by atoms with Crippen LogP contribution in [0.3, 0.4) is 0 Å². The number of nitrogens with zero attached hydrogens (tertiary/aromatic N) is 1. The summed E-state index contributed by atoms with van der Waals surface area (Å²) in [4.78, 5) is 4.49. The molecule has 0 saturated carbocycles. The van der Waals surface area contributed by atoms with Gasteiger partial charge in [-0.3, -0.25) is 0 Å². The summed E-state index contributed by atoms with van der Waals surface area (Å²) in [5.74, 6) is 0.592. The lowest BCUT2D eigenvalue weighted by atomic mass is 10.2. The van der Waals surface area contributed by atoms with Gasteiger partial charge >= 0.3 is 0 Å². The Bertz CT molecular complexity index is 629. The molecule has 0 unspecified atom stereocenters. The maximum absolute atomic E-state index is 5.86. The first-order valence-electron chi connectivity index (χ1n) is 5.70. The summed E-state index contributed by atoms with van der Waals surface area (Å²) >= 11 is 9.27. The zero-order valence-corrected chi connectivity index (χ0v) is 12.1. The number of aromatic nitrogens is 1. The van der Waals surface area contributed by atoms with Gasteiger partial charge in [-0.25, -0.2) is 4.98 Å². The van der Waals surface area contributed by atoms with Crippen LogP contribution >= 0.6 is 27.5 Å². The average molecular weight is 335 g/mol. The van der Waals surface area contributed by atoms with E-state index < -0.39 is 0 Å². The zero-order valence-electron chi connectivity index (χ0n) is 9.81. The molecule has 0 saturated heterocycles. The number of hydrogen-bond donors (Lipinski definition) is 0. The van der Waals surface area contributed by atoms with Gasteiger partial charge in [0, 0.05) is 20.6 Å². The molecule has 0 atom stereocenters. The van der Waals surface area contributed by atoms with Crippen LogP contribution in [-0.2, 0) is 0 Å². The molecule has 4 heteroatoms. The van der Waals surface area contributed by atoms with Gasteiger partial charge in [-0.15, -0.1) is 0 Å². The highest BCUT2D eigenvalue weighted by Gasteiger charge is 2.08. The second-order valence-electron chi connectivity index (χ2n) is 4.05. The summed E-state index contributed by atoms with van der Waals surface area (Å²) < 4.78 is 6.55. The van der Waals surface area contributed by atoms with Crippen molar-refractivity contribution in [2.45, 2.75) is 0 Å². The second kappa shape index (κ2) is 5.19. The Morgan fingerprint density at radius 2 is 1.53 bits per heavy atom. The van der Waals surface area contributed by atoms with Gasteiger partial charge in [0.15, 0.2) is 0 Å². The van der Waals surface area contributed by atoms with Crippen LogP contribution in [0.1, 0.15) is 0 Å². The van der Waals surface area contributed by atoms with Crippen molar-refractivity contribution < 1.29 is 4.42 Å². The first-order chi connectivity index (χ1) is 9.22. The van der Waals surface area contributed by atoms with Crippen LogP contribution in [0.25, 0.3) is 22.7 Å². The molecule has 2 nitrogen and oxygen atoms in total. The van der Waals surface area contributed by atoms with Crippen molar-refractivity contribution in [3.63, 3.8) is 0 Å². The molecule has 19 heavy (non-hydrogen) atoms. The lowest BCUT2D eigenvalue weighted by molar-refractivity contribution is 0.575. The Hall–Kier alpha value is -1.58. The molecule has 1 heterocycles. The molecular formula is C15H9BrClNO. The maximum Gasteiger partial charge on any atom is 0.226 e. The molecule has 3 rings (SSSR count). The third-order valence-corrected chi connectivity index (χ3v) is 3.52. The summed E-state index contributed by atoms with van der Waals surface area (Å²) in [6, 6.07) is 15.4. The highest BCUT2D eigenvalue weighted by Crippen LogP contribution is 2.26. The van der Waals surface area contributed by atoms with Gasteiger partial charge in [-0.05, 0) is 36.4 Å². The summed E-state index contributed by atoms with van der Waals surface area (Å²) in [5.41, 5.74) is 2.75. The first-order valence-corrected chi connectivity index (χ1v) is 6.87. The van der Waals surface area contributed by atoms with Gasteiger partial charge in [-0.1, -0.05) is 39.7 Å². The molecule has 0 aliphatic rings. The highest BCUT2D eigenvalue weighted by molar-refractivity contribution is 9.10. The minimum Gasteiger partial charge on any atom is -0.444 e. The van der Waals surface area contributed by atoms with E-state index in [9.17, 15) is 0 Å². The summed E-state index contributed by atoms with van der Waals surface area (Å²) in [6.07, 6.45) is 1.66. The third kappa shape index (κ3) is 2.72. The Labute approximate surface area is 124 Å². The first kappa shape index (κ1) is 12.5. The van der Waals surface area contributed by atoms with Crippen LogP contribution in [0.15, 0.2) is 63.7 Å². The normalized spacial score (nSPS) is 10.6. The van der Waals surface area contributed by atoms with E-state index in [0.29, 0.717) is 10.9 Å². The molecule has 0 aliphatic heterocycles. The molecular weight excluding hydrogens is 326 g/mol. The van der Waals surface area contributed by atoms with Crippen LogP contribution in [0.4, 0.5) is 0 Å². The summed E-state index contributed by atoms with van der Waals surface area (Å²) in [5, 5.41) is 0.698. The van der Waals surface area contributed by atoms with Crippen molar-refractivity contribution in [2.75, 3.05) is 0 Å². The van der Waals surface area contributed by atoms with E-state index in [1.165, 1.54) is 0 Å². The molecule has 3 aromatic rings. The Morgan fingerprint density at radius 3 is 2.21 bits per heavy atom. The van der Waals surface area contributed by atoms with Crippen LogP contribution < -0.4 is 0 Å². The fraction of sp³-hybridized carbons (Fsp3) is 0. The molecule has 0 radical (unpaired) electrons. The van der Waals surface area contributed by atoms with Crippen molar-refractivity contribution in [1.29, 1.82) is 0 Å². The number of halogens is 2. The van der Waals surface area contributed by atoms with Crippen molar-refractivity contribution in [2.24, 2.45) is 0 Å². The van der Waals surface area contributed by atoms with Crippen molar-refractivity contribution in [3.05, 3.63) is 64.3 Å². The van der Waals surface area contributed by atoms with Crippen LogP contribution in [-0.4, -0.2) is 4.98 Å². The van der Waals surface area contributed by atoms with Crippen LogP contribution in [0.2, 0.25) is 5.02 Å². The van der Waals surface area contributed by atoms with Gasteiger partial charge in [0.1, 0.15) is 12.0 Å². The lowest BCUT2D eigenvalue weighted by Gasteiger charge is -1.96. The van der Waals surface area contributed by atoms with E-state index in [1.807, 2.05) is 48.5 Å². The summed E-state index contributed by atoms with van der Waals surface area (Å²) in [7, 11) is 0. The van der Waals surface area contributed by atoms with E-state index in [1.54, 1.807) is 6.26 Å². The zero-order chi connectivity index (χ0) is 13.2. The van der Waals surface area contributed by atoms with Gasteiger partial charge in [0.25, 0.3) is 0 Å². The molecule has 0 spiro atoms. The monoisotopic (exact) mass is 333 g/mol. The second-order valence-corrected chi connectivity index (χ2v) is 5.40.